The molecule has 3 aromatic heterocycles. The molecule has 1 aliphatic heterocycles. The van der Waals surface area contributed by atoms with Crippen molar-refractivity contribution in [2.75, 3.05) is 48.3 Å². The van der Waals surface area contributed by atoms with Crippen LogP contribution in [0.15, 0.2) is 67.0 Å². The summed E-state index contributed by atoms with van der Waals surface area (Å²) in [5.41, 5.74) is 3.83. The molecule has 5 rings (SSSR count). The first-order valence-corrected chi connectivity index (χ1v) is 11.9. The van der Waals surface area contributed by atoms with Gasteiger partial charge in [0.25, 0.3) is 0 Å². The van der Waals surface area contributed by atoms with Crippen molar-refractivity contribution in [2.24, 2.45) is 0 Å². The van der Waals surface area contributed by atoms with E-state index in [1.54, 1.807) is 24.5 Å². The van der Waals surface area contributed by atoms with E-state index in [0.717, 1.165) is 49.8 Å². The average Bonchev–Trinajstić information content (AvgIpc) is 2.90. The fourth-order valence-electron chi connectivity index (χ4n) is 4.05. The highest BCUT2D eigenvalue weighted by Crippen LogP contribution is 2.22. The van der Waals surface area contributed by atoms with Crippen LogP contribution in [0, 0.1) is 6.92 Å². The predicted octanol–water partition coefficient (Wildman–Crippen LogP) is 4.27. The van der Waals surface area contributed by atoms with Crippen molar-refractivity contribution in [3.05, 3.63) is 72.7 Å². The summed E-state index contributed by atoms with van der Waals surface area (Å²) in [6.07, 6.45) is 3.42. The summed E-state index contributed by atoms with van der Waals surface area (Å²) in [7, 11) is 0. The highest BCUT2D eigenvalue weighted by atomic mass is 15.3. The maximum atomic E-state index is 4.58. The number of nitrogens with one attached hydrogen (secondary N) is 2. The number of piperazine rings is 1. The van der Waals surface area contributed by atoms with Crippen LogP contribution in [-0.2, 0) is 0 Å². The van der Waals surface area contributed by atoms with Gasteiger partial charge >= 0.3 is 0 Å². The first kappa shape index (κ1) is 22.7. The molecule has 9 nitrogen and oxygen atoms in total. The Morgan fingerprint density at radius 3 is 2.26 bits per heavy atom. The number of rotatable bonds is 7. The summed E-state index contributed by atoms with van der Waals surface area (Å²) in [6, 6.07) is 17.8. The lowest BCUT2D eigenvalue weighted by Crippen LogP contribution is -2.46. The lowest BCUT2D eigenvalue weighted by atomic mass is 10.2. The van der Waals surface area contributed by atoms with Crippen LogP contribution in [-0.4, -0.2) is 62.5 Å². The SMILES string of the molecule is CCN1CCN(c2ccc(Nc3nccc(Nc4ccnc(-c5cccc(C)n5)n4)n3)cc2)CC1. The number of aromatic nitrogens is 5. The number of benzene rings is 1. The highest BCUT2D eigenvalue weighted by Gasteiger charge is 2.15. The van der Waals surface area contributed by atoms with E-state index in [-0.39, 0.29) is 0 Å². The van der Waals surface area contributed by atoms with Gasteiger partial charge in [0, 0.05) is 55.6 Å². The Morgan fingerprint density at radius 1 is 0.771 bits per heavy atom. The lowest BCUT2D eigenvalue weighted by molar-refractivity contribution is 0.271. The van der Waals surface area contributed by atoms with Crippen molar-refractivity contribution in [2.45, 2.75) is 13.8 Å². The summed E-state index contributed by atoms with van der Waals surface area (Å²) >= 11 is 0. The largest absolute Gasteiger partial charge is 0.369 e. The predicted molar refractivity (Wildman–Crippen MR) is 139 cm³/mol. The smallest absolute Gasteiger partial charge is 0.229 e. The van der Waals surface area contributed by atoms with Crippen LogP contribution >= 0.6 is 0 Å². The molecular formula is C26H29N9. The van der Waals surface area contributed by atoms with Crippen LogP contribution in [0.2, 0.25) is 0 Å². The fraction of sp³-hybridized carbons (Fsp3) is 0.269. The zero-order chi connectivity index (χ0) is 24.0. The Hall–Kier alpha value is -4.11. The molecule has 0 atom stereocenters. The van der Waals surface area contributed by atoms with Gasteiger partial charge in [0.1, 0.15) is 17.3 Å². The van der Waals surface area contributed by atoms with Crippen molar-refractivity contribution >= 4 is 29.0 Å². The van der Waals surface area contributed by atoms with Gasteiger partial charge < -0.3 is 20.4 Å². The number of likely N-dealkylation sites (N-methyl/N-ethyl adjacent to an activating group) is 1. The van der Waals surface area contributed by atoms with Crippen molar-refractivity contribution in [1.29, 1.82) is 0 Å². The summed E-state index contributed by atoms with van der Waals surface area (Å²) in [4.78, 5) is 27.3. The standard InChI is InChI=1S/C26H29N9/c1-3-34-15-17-35(18-16-34)21-9-7-20(8-10-21)30-26-28-14-12-24(33-26)31-23-11-13-27-25(32-23)22-6-4-5-19(2)29-22/h4-14H,3,15-18H2,1-2H3,(H2,27,28,30,31,32,33). The van der Waals surface area contributed by atoms with Crippen LogP contribution in [0.4, 0.5) is 29.0 Å². The van der Waals surface area contributed by atoms with Gasteiger partial charge in [0.15, 0.2) is 5.82 Å². The number of nitrogens with zero attached hydrogens (tertiary/aromatic N) is 7. The molecule has 2 N–H and O–H groups in total. The summed E-state index contributed by atoms with van der Waals surface area (Å²) in [5.74, 6) is 2.33. The maximum Gasteiger partial charge on any atom is 0.229 e. The first-order valence-electron chi connectivity index (χ1n) is 11.9. The Labute approximate surface area is 205 Å². The Bertz CT molecular complexity index is 1270. The minimum atomic E-state index is 0.508. The molecule has 4 heterocycles. The molecule has 0 unspecified atom stereocenters. The van der Waals surface area contributed by atoms with Gasteiger partial charge in [-0.3, -0.25) is 0 Å². The molecule has 0 radical (unpaired) electrons. The molecule has 1 aromatic carbocycles. The molecule has 178 valence electrons. The van der Waals surface area contributed by atoms with E-state index < -0.39 is 0 Å². The molecule has 9 heteroatoms. The van der Waals surface area contributed by atoms with Crippen molar-refractivity contribution < 1.29 is 0 Å². The molecule has 35 heavy (non-hydrogen) atoms. The van der Waals surface area contributed by atoms with Gasteiger partial charge in [0.05, 0.1) is 0 Å². The second-order valence-electron chi connectivity index (χ2n) is 8.41. The maximum absolute atomic E-state index is 4.58. The second-order valence-corrected chi connectivity index (χ2v) is 8.41. The summed E-state index contributed by atoms with van der Waals surface area (Å²) in [6.45, 7) is 9.62. The van der Waals surface area contributed by atoms with E-state index in [1.165, 1.54) is 5.69 Å². The van der Waals surface area contributed by atoms with Gasteiger partial charge in [-0.25, -0.2) is 19.9 Å². The topological polar surface area (TPSA) is 95.0 Å². The number of hydrogen-bond donors (Lipinski definition) is 2. The van der Waals surface area contributed by atoms with E-state index >= 15 is 0 Å². The Balaban J connectivity index is 1.24. The number of anilines is 5. The molecule has 0 aliphatic carbocycles. The molecular weight excluding hydrogens is 438 g/mol. The van der Waals surface area contributed by atoms with Gasteiger partial charge in [-0.05, 0) is 62.0 Å². The molecule has 0 spiro atoms. The highest BCUT2D eigenvalue weighted by molar-refractivity contribution is 5.61. The number of hydrogen-bond acceptors (Lipinski definition) is 9. The van der Waals surface area contributed by atoms with Gasteiger partial charge in [0.2, 0.25) is 5.95 Å². The van der Waals surface area contributed by atoms with Gasteiger partial charge in [-0.1, -0.05) is 13.0 Å². The summed E-state index contributed by atoms with van der Waals surface area (Å²) < 4.78 is 0. The quantitative estimate of drug-likeness (QED) is 0.413. The van der Waals surface area contributed by atoms with Crippen LogP contribution < -0.4 is 15.5 Å². The Kier molecular flexibility index (Phi) is 6.76. The van der Waals surface area contributed by atoms with E-state index in [9.17, 15) is 0 Å². The van der Waals surface area contributed by atoms with E-state index in [0.29, 0.717) is 23.4 Å². The van der Waals surface area contributed by atoms with E-state index in [4.69, 9.17) is 0 Å². The third-order valence-electron chi connectivity index (χ3n) is 5.99. The van der Waals surface area contributed by atoms with Crippen LogP contribution in [0.25, 0.3) is 11.5 Å². The molecule has 1 aliphatic rings. The molecule has 0 bridgehead atoms. The third kappa shape index (κ3) is 5.70. The average molecular weight is 468 g/mol. The normalized spacial score (nSPS) is 14.1. The molecule has 1 fully saturated rings. The third-order valence-corrected chi connectivity index (χ3v) is 5.99. The zero-order valence-corrected chi connectivity index (χ0v) is 20.0. The monoisotopic (exact) mass is 467 g/mol. The van der Waals surface area contributed by atoms with Crippen molar-refractivity contribution in [1.82, 2.24) is 29.8 Å². The molecule has 4 aromatic rings. The number of pyridine rings is 1. The van der Waals surface area contributed by atoms with Crippen LogP contribution in [0.5, 0.6) is 0 Å². The van der Waals surface area contributed by atoms with Crippen LogP contribution in [0.1, 0.15) is 12.6 Å². The van der Waals surface area contributed by atoms with E-state index in [1.807, 2.05) is 25.1 Å². The van der Waals surface area contributed by atoms with Crippen molar-refractivity contribution in [3.8, 4) is 11.5 Å². The van der Waals surface area contributed by atoms with Crippen LogP contribution in [0.3, 0.4) is 0 Å². The minimum Gasteiger partial charge on any atom is -0.369 e. The second kappa shape index (κ2) is 10.4. The zero-order valence-electron chi connectivity index (χ0n) is 20.0. The molecule has 0 amide bonds. The van der Waals surface area contributed by atoms with E-state index in [2.05, 4.69) is 76.5 Å². The minimum absolute atomic E-state index is 0.508. The van der Waals surface area contributed by atoms with Gasteiger partial charge in [-0.2, -0.15) is 4.98 Å². The number of aryl methyl sites for hydroxylation is 1. The first-order chi connectivity index (χ1) is 17.2. The lowest BCUT2D eigenvalue weighted by Gasteiger charge is -2.35. The van der Waals surface area contributed by atoms with Crippen molar-refractivity contribution in [3.63, 3.8) is 0 Å². The fourth-order valence-corrected chi connectivity index (χ4v) is 4.05. The molecule has 1 saturated heterocycles. The van der Waals surface area contributed by atoms with Gasteiger partial charge in [-0.15, -0.1) is 0 Å². The Morgan fingerprint density at radius 2 is 1.51 bits per heavy atom. The summed E-state index contributed by atoms with van der Waals surface area (Å²) in [5, 5.41) is 6.52. The molecule has 0 saturated carbocycles.